The quantitative estimate of drug-likeness (QED) is 0.543. The second-order valence-corrected chi connectivity index (χ2v) is 7.00. The minimum Gasteiger partial charge on any atom is -0.348 e. The number of hydrazine groups is 1. The molecule has 0 radical (unpaired) electrons. The smallest absolute Gasteiger partial charge is 0.253 e. The molecule has 0 aliphatic carbocycles. The van der Waals surface area contributed by atoms with Crippen molar-refractivity contribution in [3.05, 3.63) is 29.3 Å². The molecule has 0 aromatic heterocycles. The molecular weight excluding hydrogens is 266 g/mol. The number of amides is 1. The van der Waals surface area contributed by atoms with Crippen LogP contribution in [0.4, 0.5) is 5.69 Å². The van der Waals surface area contributed by atoms with Gasteiger partial charge in [-0.05, 0) is 31.0 Å². The summed E-state index contributed by atoms with van der Waals surface area (Å²) in [5.74, 6) is 5.22. The molecule has 6 nitrogen and oxygen atoms in total. The van der Waals surface area contributed by atoms with Crippen LogP contribution in [0, 0.1) is 6.92 Å². The molecule has 4 N–H and O–H groups in total. The van der Waals surface area contributed by atoms with E-state index in [1.165, 1.54) is 0 Å². The van der Waals surface area contributed by atoms with Gasteiger partial charge in [0.2, 0.25) is 0 Å². The highest BCUT2D eigenvalue weighted by molar-refractivity contribution is 7.91. The molecule has 104 valence electrons. The molecule has 19 heavy (non-hydrogen) atoms. The van der Waals surface area contributed by atoms with Gasteiger partial charge in [0, 0.05) is 6.04 Å². The lowest BCUT2D eigenvalue weighted by molar-refractivity contribution is 0.0942. The Morgan fingerprint density at radius 3 is 2.74 bits per heavy atom. The van der Waals surface area contributed by atoms with Crippen molar-refractivity contribution in [3.63, 3.8) is 0 Å². The maximum Gasteiger partial charge on any atom is 0.253 e. The van der Waals surface area contributed by atoms with E-state index in [2.05, 4.69) is 10.7 Å². The zero-order valence-corrected chi connectivity index (χ0v) is 11.5. The predicted octanol–water partition coefficient (Wildman–Crippen LogP) is 0.198. The zero-order chi connectivity index (χ0) is 14.0. The first-order chi connectivity index (χ1) is 8.91. The number of nitrogen functional groups attached to an aromatic ring is 1. The molecule has 1 atom stereocenters. The highest BCUT2D eigenvalue weighted by atomic mass is 32.2. The van der Waals surface area contributed by atoms with Crippen LogP contribution in [0.25, 0.3) is 0 Å². The third-order valence-electron chi connectivity index (χ3n) is 3.14. The maximum atomic E-state index is 12.1. The van der Waals surface area contributed by atoms with Crippen molar-refractivity contribution in [3.8, 4) is 0 Å². The van der Waals surface area contributed by atoms with Gasteiger partial charge in [-0.2, -0.15) is 0 Å². The topological polar surface area (TPSA) is 101 Å². The van der Waals surface area contributed by atoms with E-state index >= 15 is 0 Å². The number of sulfone groups is 1. The van der Waals surface area contributed by atoms with Gasteiger partial charge in [0.25, 0.3) is 5.91 Å². The normalized spacial score (nSPS) is 21.1. The van der Waals surface area contributed by atoms with Gasteiger partial charge >= 0.3 is 0 Å². The number of nitrogens with one attached hydrogen (secondary N) is 2. The predicted molar refractivity (Wildman–Crippen MR) is 73.5 cm³/mol. The third kappa shape index (κ3) is 3.24. The summed E-state index contributed by atoms with van der Waals surface area (Å²) in [5, 5.41) is 2.73. The molecule has 1 aromatic rings. The van der Waals surface area contributed by atoms with Crippen LogP contribution in [0.1, 0.15) is 22.3 Å². The van der Waals surface area contributed by atoms with Crippen LogP contribution in [0.15, 0.2) is 18.2 Å². The van der Waals surface area contributed by atoms with E-state index in [9.17, 15) is 13.2 Å². The molecule has 0 saturated carbocycles. The molecule has 1 saturated heterocycles. The van der Waals surface area contributed by atoms with E-state index in [1.807, 2.05) is 6.92 Å². The molecule has 1 aromatic carbocycles. The summed E-state index contributed by atoms with van der Waals surface area (Å²) in [5.41, 5.74) is 4.40. The fourth-order valence-electron chi connectivity index (χ4n) is 2.15. The number of hydrogen-bond acceptors (Lipinski definition) is 5. The Kier molecular flexibility index (Phi) is 3.77. The van der Waals surface area contributed by atoms with Crippen LogP contribution in [0.3, 0.4) is 0 Å². The maximum absolute atomic E-state index is 12.1. The Bertz CT molecular complexity index is 598. The first kappa shape index (κ1) is 13.8. The van der Waals surface area contributed by atoms with E-state index in [-0.39, 0.29) is 23.5 Å². The summed E-state index contributed by atoms with van der Waals surface area (Å²) in [7, 11) is -3.00. The number of aryl methyl sites for hydroxylation is 1. The number of hydrogen-bond donors (Lipinski definition) is 3. The summed E-state index contributed by atoms with van der Waals surface area (Å²) in [6, 6.07) is 4.93. The molecular formula is C12H17N3O3S. The number of benzene rings is 1. The van der Waals surface area contributed by atoms with Crippen molar-refractivity contribution >= 4 is 21.4 Å². The largest absolute Gasteiger partial charge is 0.348 e. The molecule has 2 rings (SSSR count). The Labute approximate surface area is 112 Å². The van der Waals surface area contributed by atoms with Gasteiger partial charge in [-0.15, -0.1) is 0 Å². The molecule has 1 aliphatic heterocycles. The standard InChI is InChI=1S/C12H17N3O3S/c1-8-2-3-10(11(6-8)15-13)12(16)14-9-4-5-19(17,18)7-9/h2-3,6,9,15H,4-5,7,13H2,1H3,(H,14,16). The van der Waals surface area contributed by atoms with Gasteiger partial charge < -0.3 is 10.7 Å². The van der Waals surface area contributed by atoms with Gasteiger partial charge in [0.05, 0.1) is 22.8 Å². The van der Waals surface area contributed by atoms with Crippen LogP contribution in [0.5, 0.6) is 0 Å². The van der Waals surface area contributed by atoms with Crippen molar-refractivity contribution in [2.45, 2.75) is 19.4 Å². The summed E-state index contributed by atoms with van der Waals surface area (Å²) >= 11 is 0. The number of nitrogens with two attached hydrogens (primary N) is 1. The first-order valence-corrected chi connectivity index (χ1v) is 7.82. The molecule has 1 heterocycles. The fraction of sp³-hybridized carbons (Fsp3) is 0.417. The zero-order valence-electron chi connectivity index (χ0n) is 10.6. The SMILES string of the molecule is Cc1ccc(C(=O)NC2CCS(=O)(=O)C2)c(NN)c1. The molecule has 0 spiro atoms. The molecule has 7 heteroatoms. The third-order valence-corrected chi connectivity index (χ3v) is 4.91. The average Bonchev–Trinajstić information content (AvgIpc) is 2.68. The van der Waals surface area contributed by atoms with E-state index in [0.717, 1.165) is 5.56 Å². The Balaban J connectivity index is 2.12. The summed E-state index contributed by atoms with van der Waals surface area (Å²) < 4.78 is 22.7. The number of rotatable bonds is 3. The van der Waals surface area contributed by atoms with Crippen LogP contribution in [-0.4, -0.2) is 31.9 Å². The van der Waals surface area contributed by atoms with E-state index in [0.29, 0.717) is 17.7 Å². The summed E-state index contributed by atoms with van der Waals surface area (Å²) in [6.07, 6.45) is 0.464. The number of carbonyl (C=O) groups is 1. The van der Waals surface area contributed by atoms with Crippen molar-refractivity contribution < 1.29 is 13.2 Å². The summed E-state index contributed by atoms with van der Waals surface area (Å²) in [4.78, 5) is 12.1. The molecule has 1 fully saturated rings. The Morgan fingerprint density at radius 2 is 2.16 bits per heavy atom. The Hall–Kier alpha value is -1.60. The van der Waals surface area contributed by atoms with Gasteiger partial charge in [0.1, 0.15) is 0 Å². The minimum atomic E-state index is -3.00. The van der Waals surface area contributed by atoms with Gasteiger partial charge in [-0.25, -0.2) is 8.42 Å². The van der Waals surface area contributed by atoms with E-state index in [4.69, 9.17) is 5.84 Å². The van der Waals surface area contributed by atoms with Crippen molar-refractivity contribution in [1.29, 1.82) is 0 Å². The van der Waals surface area contributed by atoms with E-state index < -0.39 is 9.84 Å². The highest BCUT2D eigenvalue weighted by Crippen LogP contribution is 2.18. The lowest BCUT2D eigenvalue weighted by Gasteiger charge is -2.13. The van der Waals surface area contributed by atoms with Gasteiger partial charge in [0.15, 0.2) is 9.84 Å². The van der Waals surface area contributed by atoms with Crippen molar-refractivity contribution in [2.24, 2.45) is 5.84 Å². The second kappa shape index (κ2) is 5.18. The molecule has 1 amide bonds. The summed E-state index contributed by atoms with van der Waals surface area (Å²) in [6.45, 7) is 1.89. The molecule has 0 bridgehead atoms. The van der Waals surface area contributed by atoms with Crippen molar-refractivity contribution in [1.82, 2.24) is 5.32 Å². The van der Waals surface area contributed by atoms with Gasteiger partial charge in [-0.1, -0.05) is 6.07 Å². The molecule has 1 aliphatic rings. The van der Waals surface area contributed by atoms with Crippen LogP contribution >= 0.6 is 0 Å². The average molecular weight is 283 g/mol. The van der Waals surface area contributed by atoms with E-state index in [1.54, 1.807) is 18.2 Å². The van der Waals surface area contributed by atoms with Gasteiger partial charge in [-0.3, -0.25) is 10.6 Å². The fourth-order valence-corrected chi connectivity index (χ4v) is 3.82. The first-order valence-electron chi connectivity index (χ1n) is 6.00. The number of anilines is 1. The minimum absolute atomic E-state index is 0.00991. The highest BCUT2D eigenvalue weighted by Gasteiger charge is 2.29. The lowest BCUT2D eigenvalue weighted by Crippen LogP contribution is -2.36. The number of carbonyl (C=O) groups excluding carboxylic acids is 1. The van der Waals surface area contributed by atoms with Crippen LogP contribution in [0.2, 0.25) is 0 Å². The second-order valence-electron chi connectivity index (χ2n) is 4.77. The Morgan fingerprint density at radius 1 is 1.42 bits per heavy atom. The van der Waals surface area contributed by atoms with Crippen LogP contribution in [-0.2, 0) is 9.84 Å². The monoisotopic (exact) mass is 283 g/mol. The van der Waals surface area contributed by atoms with Crippen LogP contribution < -0.4 is 16.6 Å². The van der Waals surface area contributed by atoms with Crippen molar-refractivity contribution in [2.75, 3.05) is 16.9 Å². The lowest BCUT2D eigenvalue weighted by atomic mass is 10.1. The molecule has 1 unspecified atom stereocenters.